The molecule has 0 unspecified atom stereocenters. The van der Waals surface area contributed by atoms with E-state index in [9.17, 15) is 9.59 Å². The first-order valence-corrected chi connectivity index (χ1v) is 4.92. The summed E-state index contributed by atoms with van der Waals surface area (Å²) in [7, 11) is 0. The van der Waals surface area contributed by atoms with Gasteiger partial charge in [-0.05, 0) is 0 Å². The van der Waals surface area contributed by atoms with Gasteiger partial charge < -0.3 is 0 Å². The number of hydrogen-bond acceptors (Lipinski definition) is 2. The third-order valence-corrected chi connectivity index (χ3v) is 2.21. The molecule has 13 heavy (non-hydrogen) atoms. The van der Waals surface area contributed by atoms with E-state index < -0.39 is 0 Å². The molecule has 0 aliphatic carbocycles. The van der Waals surface area contributed by atoms with E-state index in [1.807, 2.05) is 34.6 Å². The van der Waals surface area contributed by atoms with Crippen molar-refractivity contribution in [2.75, 3.05) is 0 Å². The molecule has 0 saturated heterocycles. The van der Waals surface area contributed by atoms with Crippen molar-refractivity contribution in [3.05, 3.63) is 0 Å². The fourth-order valence-electron chi connectivity index (χ4n) is 1.21. The van der Waals surface area contributed by atoms with Gasteiger partial charge in [-0.3, -0.25) is 9.59 Å². The summed E-state index contributed by atoms with van der Waals surface area (Å²) in [5.41, 5.74) is 0. The first-order chi connectivity index (χ1) is 5.86. The van der Waals surface area contributed by atoms with E-state index >= 15 is 0 Å². The molecular formula is C11H20O2. The molecule has 2 nitrogen and oxygen atoms in total. The molecule has 0 aliphatic heterocycles. The fraction of sp³-hybridized carbons (Fsp3) is 0.818. The molecule has 76 valence electrons. The van der Waals surface area contributed by atoms with Crippen molar-refractivity contribution >= 4 is 11.6 Å². The van der Waals surface area contributed by atoms with E-state index in [2.05, 4.69) is 0 Å². The second kappa shape index (κ2) is 5.15. The predicted octanol–water partition coefficient (Wildman–Crippen LogP) is 2.46. The molecule has 0 spiro atoms. The summed E-state index contributed by atoms with van der Waals surface area (Å²) < 4.78 is 0. The zero-order chi connectivity index (χ0) is 10.6. The van der Waals surface area contributed by atoms with Gasteiger partial charge in [-0.1, -0.05) is 34.6 Å². The Hall–Kier alpha value is -0.660. The van der Waals surface area contributed by atoms with Crippen LogP contribution in [0.25, 0.3) is 0 Å². The minimum Gasteiger partial charge on any atom is -0.299 e. The van der Waals surface area contributed by atoms with E-state index in [0.29, 0.717) is 6.42 Å². The number of rotatable bonds is 5. The average Bonchev–Trinajstić information content (AvgIpc) is 2.02. The summed E-state index contributed by atoms with van der Waals surface area (Å²) >= 11 is 0. The molecule has 0 aliphatic rings. The van der Waals surface area contributed by atoms with Crippen LogP contribution in [-0.2, 0) is 9.59 Å². The Labute approximate surface area is 80.7 Å². The highest BCUT2D eigenvalue weighted by Crippen LogP contribution is 2.13. The lowest BCUT2D eigenvalue weighted by Gasteiger charge is -2.13. The van der Waals surface area contributed by atoms with Crippen molar-refractivity contribution < 1.29 is 9.59 Å². The molecule has 0 heterocycles. The number of ketones is 2. The summed E-state index contributed by atoms with van der Waals surface area (Å²) in [6, 6.07) is 0. The Bertz CT molecular complexity index is 192. The van der Waals surface area contributed by atoms with Crippen LogP contribution in [0.5, 0.6) is 0 Å². The fourth-order valence-corrected chi connectivity index (χ4v) is 1.21. The van der Waals surface area contributed by atoms with E-state index in [-0.39, 0.29) is 29.3 Å². The van der Waals surface area contributed by atoms with Crippen molar-refractivity contribution in [2.45, 2.75) is 41.0 Å². The van der Waals surface area contributed by atoms with Crippen LogP contribution in [0.4, 0.5) is 0 Å². The lowest BCUT2D eigenvalue weighted by Crippen LogP contribution is -2.21. The minimum absolute atomic E-state index is 0.0370. The van der Waals surface area contributed by atoms with Crippen molar-refractivity contribution in [3.63, 3.8) is 0 Å². The monoisotopic (exact) mass is 184 g/mol. The highest BCUT2D eigenvalue weighted by atomic mass is 16.1. The van der Waals surface area contributed by atoms with E-state index in [4.69, 9.17) is 0 Å². The minimum atomic E-state index is -0.116. The molecule has 0 bridgehead atoms. The Kier molecular flexibility index (Phi) is 4.89. The first-order valence-electron chi connectivity index (χ1n) is 4.92. The normalized spacial score (nSPS) is 13.5. The van der Waals surface area contributed by atoms with Gasteiger partial charge in [0.05, 0.1) is 0 Å². The second-order valence-corrected chi connectivity index (χ2v) is 4.28. The molecule has 0 aromatic carbocycles. The average molecular weight is 184 g/mol. The molecule has 2 heteroatoms. The van der Waals surface area contributed by atoms with E-state index in [1.54, 1.807) is 0 Å². The first kappa shape index (κ1) is 12.3. The SMILES string of the molecule is CC(C)C(=O)C[C@@H](C)C(=O)C(C)C. The van der Waals surface area contributed by atoms with Gasteiger partial charge in [-0.2, -0.15) is 0 Å². The van der Waals surface area contributed by atoms with Gasteiger partial charge in [0.25, 0.3) is 0 Å². The van der Waals surface area contributed by atoms with Gasteiger partial charge in [0, 0.05) is 24.2 Å². The lowest BCUT2D eigenvalue weighted by atomic mass is 9.90. The smallest absolute Gasteiger partial charge is 0.138 e. The number of hydrogen-bond donors (Lipinski definition) is 0. The second-order valence-electron chi connectivity index (χ2n) is 4.28. The molecule has 0 radical (unpaired) electrons. The van der Waals surface area contributed by atoms with Crippen molar-refractivity contribution in [1.29, 1.82) is 0 Å². The van der Waals surface area contributed by atoms with Crippen molar-refractivity contribution in [3.8, 4) is 0 Å². The van der Waals surface area contributed by atoms with Gasteiger partial charge in [0.1, 0.15) is 11.6 Å². The van der Waals surface area contributed by atoms with Crippen LogP contribution in [0.15, 0.2) is 0 Å². The topological polar surface area (TPSA) is 34.1 Å². The van der Waals surface area contributed by atoms with Gasteiger partial charge in [0.15, 0.2) is 0 Å². The standard InChI is InChI=1S/C11H20O2/c1-7(2)10(12)6-9(5)11(13)8(3)4/h7-9H,6H2,1-5H3/t9-/m1/s1. The number of carbonyl (C=O) groups excluding carboxylic acids is 2. The van der Waals surface area contributed by atoms with E-state index in [1.165, 1.54) is 0 Å². The highest BCUT2D eigenvalue weighted by molar-refractivity contribution is 5.89. The van der Waals surface area contributed by atoms with Gasteiger partial charge in [0.2, 0.25) is 0 Å². The van der Waals surface area contributed by atoms with Crippen LogP contribution in [0.1, 0.15) is 41.0 Å². The third kappa shape index (κ3) is 4.20. The van der Waals surface area contributed by atoms with Gasteiger partial charge >= 0.3 is 0 Å². The van der Waals surface area contributed by atoms with Gasteiger partial charge in [-0.15, -0.1) is 0 Å². The third-order valence-electron chi connectivity index (χ3n) is 2.21. The molecule has 0 aromatic rings. The quantitative estimate of drug-likeness (QED) is 0.657. The van der Waals surface area contributed by atoms with Crippen LogP contribution < -0.4 is 0 Å². The molecule has 1 atom stereocenters. The van der Waals surface area contributed by atoms with Crippen LogP contribution >= 0.6 is 0 Å². The summed E-state index contributed by atoms with van der Waals surface area (Å²) in [6.45, 7) is 9.32. The Morgan fingerprint density at radius 2 is 1.38 bits per heavy atom. The molecule has 0 N–H and O–H groups in total. The maximum absolute atomic E-state index is 11.4. The predicted molar refractivity (Wildman–Crippen MR) is 53.5 cm³/mol. The number of Topliss-reactive ketones (excluding diaryl/α,β-unsaturated/α-hetero) is 2. The molecular weight excluding hydrogens is 164 g/mol. The highest BCUT2D eigenvalue weighted by Gasteiger charge is 2.20. The van der Waals surface area contributed by atoms with E-state index in [0.717, 1.165) is 0 Å². The largest absolute Gasteiger partial charge is 0.299 e. The lowest BCUT2D eigenvalue weighted by molar-refractivity contribution is -0.130. The summed E-state index contributed by atoms with van der Waals surface area (Å²) in [4.78, 5) is 22.8. The molecule has 0 amide bonds. The van der Waals surface area contributed by atoms with Crippen LogP contribution in [0.2, 0.25) is 0 Å². The van der Waals surface area contributed by atoms with Crippen LogP contribution in [0.3, 0.4) is 0 Å². The van der Waals surface area contributed by atoms with Crippen LogP contribution in [-0.4, -0.2) is 11.6 Å². The Morgan fingerprint density at radius 3 is 1.69 bits per heavy atom. The summed E-state index contributed by atoms with van der Waals surface area (Å²) in [5, 5.41) is 0. The zero-order valence-corrected chi connectivity index (χ0v) is 9.26. The molecule has 0 rings (SSSR count). The molecule has 0 fully saturated rings. The maximum atomic E-state index is 11.4. The Balaban J connectivity index is 4.08. The maximum Gasteiger partial charge on any atom is 0.138 e. The Morgan fingerprint density at radius 1 is 0.923 bits per heavy atom. The zero-order valence-electron chi connectivity index (χ0n) is 9.26. The molecule has 0 saturated carbocycles. The van der Waals surface area contributed by atoms with Crippen molar-refractivity contribution in [2.24, 2.45) is 17.8 Å². The van der Waals surface area contributed by atoms with Crippen LogP contribution in [0, 0.1) is 17.8 Å². The van der Waals surface area contributed by atoms with Gasteiger partial charge in [-0.25, -0.2) is 0 Å². The summed E-state index contributed by atoms with van der Waals surface area (Å²) in [6.07, 6.45) is 0.398. The van der Waals surface area contributed by atoms with Crippen molar-refractivity contribution in [1.82, 2.24) is 0 Å². The molecule has 0 aromatic heterocycles. The summed E-state index contributed by atoms with van der Waals surface area (Å²) in [5.74, 6) is 0.336. The number of carbonyl (C=O) groups is 2.